The smallest absolute Gasteiger partial charge is 0.232 e. The molecule has 0 aliphatic carbocycles. The fourth-order valence-corrected chi connectivity index (χ4v) is 2.59. The van der Waals surface area contributed by atoms with Gasteiger partial charge in [-0.05, 0) is 25.2 Å². The molecular weight excluding hydrogens is 248 g/mol. The van der Waals surface area contributed by atoms with Gasteiger partial charge in [-0.15, -0.1) is 0 Å². The second-order valence-corrected chi connectivity index (χ2v) is 5.52. The van der Waals surface area contributed by atoms with E-state index in [0.29, 0.717) is 10.9 Å². The quantitative estimate of drug-likeness (QED) is 0.746. The molecule has 1 heterocycles. The molecule has 1 amide bonds. The van der Waals surface area contributed by atoms with Crippen LogP contribution in [0.5, 0.6) is 0 Å². The number of carbonyl (C=O) groups is 1. The molecule has 104 valence electrons. The van der Waals surface area contributed by atoms with Crippen molar-refractivity contribution in [3.05, 3.63) is 0 Å². The Kier molecular flexibility index (Phi) is 6.57. The number of hydrogen-bond acceptors (Lipinski definition) is 3. The van der Waals surface area contributed by atoms with Gasteiger partial charge < -0.3 is 15.4 Å². The molecule has 0 radical (unpaired) electrons. The molecule has 0 bridgehead atoms. The van der Waals surface area contributed by atoms with Gasteiger partial charge in [0.15, 0.2) is 0 Å². The van der Waals surface area contributed by atoms with Crippen molar-refractivity contribution >= 4 is 23.1 Å². The van der Waals surface area contributed by atoms with E-state index in [4.69, 9.17) is 22.7 Å². The first-order chi connectivity index (χ1) is 8.56. The van der Waals surface area contributed by atoms with Crippen molar-refractivity contribution in [1.82, 2.24) is 4.90 Å². The van der Waals surface area contributed by atoms with Crippen LogP contribution in [-0.2, 0) is 9.53 Å². The lowest BCUT2D eigenvalue weighted by atomic mass is 9.99. The molecule has 1 fully saturated rings. The molecule has 1 rings (SSSR count). The van der Waals surface area contributed by atoms with Crippen molar-refractivity contribution in [3.8, 4) is 0 Å². The van der Waals surface area contributed by atoms with E-state index >= 15 is 0 Å². The maximum absolute atomic E-state index is 12.3. The standard InChI is InChI=1S/C13H24N2O2S/c1-3-5-11(12(14)18)13(16)15(2)8-10-6-4-7-17-9-10/h10-11H,3-9H2,1-2H3,(H2,14,18). The first-order valence-corrected chi connectivity index (χ1v) is 7.09. The van der Waals surface area contributed by atoms with Crippen molar-refractivity contribution in [2.24, 2.45) is 17.6 Å². The van der Waals surface area contributed by atoms with Gasteiger partial charge in [-0.2, -0.15) is 0 Å². The summed E-state index contributed by atoms with van der Waals surface area (Å²) in [5, 5.41) is 0. The Morgan fingerprint density at radius 1 is 1.61 bits per heavy atom. The Morgan fingerprint density at radius 2 is 2.33 bits per heavy atom. The van der Waals surface area contributed by atoms with Gasteiger partial charge in [-0.1, -0.05) is 25.6 Å². The first kappa shape index (κ1) is 15.4. The SMILES string of the molecule is CCCC(C(=O)N(C)CC1CCCOC1)C(N)=S. The Balaban J connectivity index is 2.49. The maximum Gasteiger partial charge on any atom is 0.232 e. The fraction of sp³-hybridized carbons (Fsp3) is 0.846. The largest absolute Gasteiger partial charge is 0.393 e. The zero-order valence-electron chi connectivity index (χ0n) is 11.4. The van der Waals surface area contributed by atoms with Crippen molar-refractivity contribution in [3.63, 3.8) is 0 Å². The van der Waals surface area contributed by atoms with Crippen LogP contribution in [0.4, 0.5) is 0 Å². The van der Waals surface area contributed by atoms with Gasteiger partial charge >= 0.3 is 0 Å². The first-order valence-electron chi connectivity index (χ1n) is 6.68. The summed E-state index contributed by atoms with van der Waals surface area (Å²) in [5.41, 5.74) is 5.65. The van der Waals surface area contributed by atoms with Crippen LogP contribution < -0.4 is 5.73 Å². The molecule has 2 unspecified atom stereocenters. The van der Waals surface area contributed by atoms with Crippen molar-refractivity contribution in [1.29, 1.82) is 0 Å². The molecule has 1 saturated heterocycles. The van der Waals surface area contributed by atoms with Crippen LogP contribution in [0.2, 0.25) is 0 Å². The summed E-state index contributed by atoms with van der Waals surface area (Å²) in [6.07, 6.45) is 3.86. The third kappa shape index (κ3) is 4.53. The number of carbonyl (C=O) groups excluding carboxylic acids is 1. The highest BCUT2D eigenvalue weighted by molar-refractivity contribution is 7.80. The number of ether oxygens (including phenoxy) is 1. The minimum atomic E-state index is -0.306. The van der Waals surface area contributed by atoms with E-state index in [-0.39, 0.29) is 11.8 Å². The lowest BCUT2D eigenvalue weighted by Gasteiger charge is -2.29. The number of nitrogens with two attached hydrogens (primary N) is 1. The number of amides is 1. The molecule has 4 nitrogen and oxygen atoms in total. The summed E-state index contributed by atoms with van der Waals surface area (Å²) in [5.74, 6) is 0.191. The average Bonchev–Trinajstić information content (AvgIpc) is 2.36. The van der Waals surface area contributed by atoms with Gasteiger partial charge in [-0.3, -0.25) is 4.79 Å². The molecular formula is C13H24N2O2S. The normalized spacial score (nSPS) is 21.3. The van der Waals surface area contributed by atoms with Gasteiger partial charge in [0.1, 0.15) is 0 Å². The molecule has 0 saturated carbocycles. The van der Waals surface area contributed by atoms with E-state index in [9.17, 15) is 4.79 Å². The summed E-state index contributed by atoms with van der Waals surface area (Å²) < 4.78 is 5.43. The number of hydrogen-bond donors (Lipinski definition) is 1. The van der Waals surface area contributed by atoms with E-state index in [2.05, 4.69) is 0 Å². The van der Waals surface area contributed by atoms with E-state index < -0.39 is 0 Å². The summed E-state index contributed by atoms with van der Waals surface area (Å²) in [6.45, 7) is 4.37. The lowest BCUT2D eigenvalue weighted by molar-refractivity contribution is -0.133. The van der Waals surface area contributed by atoms with Crippen LogP contribution in [0.3, 0.4) is 0 Å². The van der Waals surface area contributed by atoms with Crippen LogP contribution >= 0.6 is 12.2 Å². The van der Waals surface area contributed by atoms with Gasteiger partial charge in [0, 0.05) is 20.2 Å². The molecule has 0 aromatic carbocycles. The van der Waals surface area contributed by atoms with Crippen molar-refractivity contribution in [2.75, 3.05) is 26.8 Å². The summed E-state index contributed by atoms with van der Waals surface area (Å²) >= 11 is 4.99. The van der Waals surface area contributed by atoms with E-state index in [0.717, 1.165) is 45.4 Å². The zero-order chi connectivity index (χ0) is 13.5. The minimum Gasteiger partial charge on any atom is -0.393 e. The van der Waals surface area contributed by atoms with Crippen LogP contribution in [0, 0.1) is 11.8 Å². The molecule has 1 aliphatic heterocycles. The van der Waals surface area contributed by atoms with Gasteiger partial charge in [0.25, 0.3) is 0 Å². The molecule has 2 N–H and O–H groups in total. The minimum absolute atomic E-state index is 0.0509. The highest BCUT2D eigenvalue weighted by Crippen LogP contribution is 2.17. The summed E-state index contributed by atoms with van der Waals surface area (Å²) in [7, 11) is 1.83. The van der Waals surface area contributed by atoms with Crippen LogP contribution in [0.1, 0.15) is 32.6 Å². The Morgan fingerprint density at radius 3 is 2.83 bits per heavy atom. The lowest BCUT2D eigenvalue weighted by Crippen LogP contribution is -2.42. The van der Waals surface area contributed by atoms with Gasteiger partial charge in [-0.25, -0.2) is 0 Å². The van der Waals surface area contributed by atoms with E-state index in [1.807, 2.05) is 14.0 Å². The number of rotatable bonds is 6. The third-order valence-corrected chi connectivity index (χ3v) is 3.67. The van der Waals surface area contributed by atoms with Crippen LogP contribution in [-0.4, -0.2) is 42.6 Å². The predicted octanol–water partition coefficient (Wildman–Crippen LogP) is 1.57. The number of thiocarbonyl (C=S) groups is 1. The fourth-order valence-electron chi connectivity index (χ4n) is 2.37. The van der Waals surface area contributed by atoms with Crippen LogP contribution in [0.15, 0.2) is 0 Å². The summed E-state index contributed by atoms with van der Waals surface area (Å²) in [4.78, 5) is 14.3. The molecule has 1 aliphatic rings. The maximum atomic E-state index is 12.3. The van der Waals surface area contributed by atoms with Gasteiger partial charge in [0.2, 0.25) is 5.91 Å². The molecule has 0 aromatic heterocycles. The van der Waals surface area contributed by atoms with E-state index in [1.54, 1.807) is 4.90 Å². The molecule has 18 heavy (non-hydrogen) atoms. The Hall–Kier alpha value is -0.680. The Bertz CT molecular complexity index is 291. The molecule has 5 heteroatoms. The highest BCUT2D eigenvalue weighted by Gasteiger charge is 2.26. The second kappa shape index (κ2) is 7.69. The number of nitrogens with zero attached hydrogens (tertiary/aromatic N) is 1. The monoisotopic (exact) mass is 272 g/mol. The molecule has 0 spiro atoms. The summed E-state index contributed by atoms with van der Waals surface area (Å²) in [6, 6.07) is 0. The Labute approximate surface area is 115 Å². The third-order valence-electron chi connectivity index (χ3n) is 3.38. The zero-order valence-corrected chi connectivity index (χ0v) is 12.2. The topological polar surface area (TPSA) is 55.6 Å². The second-order valence-electron chi connectivity index (χ2n) is 5.05. The van der Waals surface area contributed by atoms with Crippen molar-refractivity contribution < 1.29 is 9.53 Å². The van der Waals surface area contributed by atoms with Crippen LogP contribution in [0.25, 0.3) is 0 Å². The predicted molar refractivity (Wildman–Crippen MR) is 76.4 cm³/mol. The van der Waals surface area contributed by atoms with Gasteiger partial charge in [0.05, 0.1) is 17.5 Å². The molecule has 2 atom stereocenters. The van der Waals surface area contributed by atoms with E-state index in [1.165, 1.54) is 0 Å². The van der Waals surface area contributed by atoms with Crippen molar-refractivity contribution in [2.45, 2.75) is 32.6 Å². The highest BCUT2D eigenvalue weighted by atomic mass is 32.1. The molecule has 0 aromatic rings. The average molecular weight is 272 g/mol.